The fourth-order valence-corrected chi connectivity index (χ4v) is 4.75. The van der Waals surface area contributed by atoms with Crippen molar-refractivity contribution in [1.29, 1.82) is 5.26 Å². The first-order chi connectivity index (χ1) is 18.0. The van der Waals surface area contributed by atoms with Crippen LogP contribution in [0.2, 0.25) is 10.0 Å². The molecule has 1 fully saturated rings. The Morgan fingerprint density at radius 1 is 1.15 bits per heavy atom. The molecule has 1 atom stereocenters. The van der Waals surface area contributed by atoms with Crippen LogP contribution in [0.25, 0.3) is 5.69 Å². The molecule has 0 saturated heterocycles. The van der Waals surface area contributed by atoms with Crippen LogP contribution in [0.1, 0.15) is 28.9 Å². The maximum atomic E-state index is 14.5. The lowest BCUT2D eigenvalue weighted by Gasteiger charge is -2.30. The molecule has 0 radical (unpaired) electrons. The molecular formula is C22H10Cl2F8N5O2-. The Morgan fingerprint density at radius 3 is 2.15 bits per heavy atom. The molecule has 1 amide bonds. The molecule has 0 spiro atoms. The van der Waals surface area contributed by atoms with Crippen LogP contribution in [0.4, 0.5) is 45.7 Å². The van der Waals surface area contributed by atoms with Gasteiger partial charge < -0.3 is 14.8 Å². The average Bonchev–Trinajstić information content (AvgIpc) is 3.23. The van der Waals surface area contributed by atoms with Gasteiger partial charge in [-0.05, 0) is 24.3 Å². The quantitative estimate of drug-likeness (QED) is 0.353. The number of anilines is 1. The van der Waals surface area contributed by atoms with Crippen LogP contribution < -0.4 is 10.0 Å². The van der Waals surface area contributed by atoms with Crippen LogP contribution in [-0.2, 0) is 18.1 Å². The molecule has 1 aliphatic carbocycles. The SMILES string of the molecule is N#Cc1nn(-c2c(Cl)cc(C(F)(F)F)cc2Cl)c(N(Cc2ccccn2)C(=O)[O-])c1C1(C(F)(F)F)CC1(F)F. The van der Waals surface area contributed by atoms with Gasteiger partial charge in [0, 0.05) is 12.6 Å². The predicted molar refractivity (Wildman–Crippen MR) is 116 cm³/mol. The summed E-state index contributed by atoms with van der Waals surface area (Å²) in [6, 6.07) is 5.89. The molecule has 39 heavy (non-hydrogen) atoms. The number of aromatic nitrogens is 3. The lowest BCUT2D eigenvalue weighted by Crippen LogP contribution is -2.44. The summed E-state index contributed by atoms with van der Waals surface area (Å²) in [7, 11) is 0. The second-order valence-electron chi connectivity index (χ2n) is 8.31. The van der Waals surface area contributed by atoms with Crippen molar-refractivity contribution in [1.82, 2.24) is 14.8 Å². The molecule has 2 heterocycles. The highest BCUT2D eigenvalue weighted by molar-refractivity contribution is 6.38. The molecular weight excluding hydrogens is 589 g/mol. The van der Waals surface area contributed by atoms with Gasteiger partial charge in [0.1, 0.15) is 23.7 Å². The second kappa shape index (κ2) is 9.23. The van der Waals surface area contributed by atoms with Crippen LogP contribution >= 0.6 is 23.2 Å². The lowest BCUT2D eigenvalue weighted by atomic mass is 9.93. The summed E-state index contributed by atoms with van der Waals surface area (Å²) in [5.41, 5.74) is -9.21. The van der Waals surface area contributed by atoms with Crippen molar-refractivity contribution < 1.29 is 45.0 Å². The zero-order valence-electron chi connectivity index (χ0n) is 18.7. The fraction of sp³-hybridized carbons (Fsp3) is 0.273. The summed E-state index contributed by atoms with van der Waals surface area (Å²) in [5, 5.41) is 23.6. The van der Waals surface area contributed by atoms with Crippen molar-refractivity contribution >= 4 is 35.1 Å². The first kappa shape index (κ1) is 28.4. The summed E-state index contributed by atoms with van der Waals surface area (Å²) < 4.78 is 112. The van der Waals surface area contributed by atoms with E-state index in [0.717, 1.165) is 0 Å². The van der Waals surface area contributed by atoms with E-state index in [-0.39, 0.29) is 15.3 Å². The zero-order valence-corrected chi connectivity index (χ0v) is 20.2. The second-order valence-corrected chi connectivity index (χ2v) is 9.13. The minimum absolute atomic E-state index is 0.0394. The van der Waals surface area contributed by atoms with Crippen molar-refractivity contribution in [2.45, 2.75) is 36.7 Å². The van der Waals surface area contributed by atoms with Crippen LogP contribution in [-0.4, -0.2) is 33.0 Å². The molecule has 2 aromatic heterocycles. The number of carboxylic acid groups (broad SMARTS) is 1. The molecule has 1 aromatic carbocycles. The Morgan fingerprint density at radius 2 is 1.74 bits per heavy atom. The number of nitriles is 1. The molecule has 0 bridgehead atoms. The predicted octanol–water partition coefficient (Wildman–Crippen LogP) is 5.65. The van der Waals surface area contributed by atoms with Gasteiger partial charge in [0.15, 0.2) is 11.1 Å². The highest BCUT2D eigenvalue weighted by Crippen LogP contribution is 2.71. The molecule has 1 aliphatic rings. The Labute approximate surface area is 222 Å². The van der Waals surface area contributed by atoms with Gasteiger partial charge in [-0.25, -0.2) is 13.5 Å². The van der Waals surface area contributed by atoms with Crippen molar-refractivity contribution in [2.75, 3.05) is 4.90 Å². The summed E-state index contributed by atoms with van der Waals surface area (Å²) in [4.78, 5) is 16.1. The van der Waals surface area contributed by atoms with Gasteiger partial charge in [0.2, 0.25) is 0 Å². The Balaban J connectivity index is 2.11. The van der Waals surface area contributed by atoms with E-state index in [1.807, 2.05) is 0 Å². The largest absolute Gasteiger partial charge is 0.530 e. The third-order valence-electron chi connectivity index (χ3n) is 5.94. The number of halogens is 10. The van der Waals surface area contributed by atoms with Crippen LogP contribution in [0.5, 0.6) is 0 Å². The Kier molecular flexibility index (Phi) is 6.72. The standard InChI is InChI=1S/C22H11Cl2F8N5O2/c23-12-5-10(21(27,28)29)6-13(24)16(12)37-17(36(18(38)39)8-11-3-1-2-4-34-11)15(14(7-33)35-37)19(22(30,31)32)9-20(19,25)26/h1-6H,8-9H2,(H,38,39)/p-1. The lowest BCUT2D eigenvalue weighted by molar-refractivity contribution is -0.246. The zero-order chi connectivity index (χ0) is 29.1. The van der Waals surface area contributed by atoms with E-state index in [4.69, 9.17) is 23.2 Å². The Hall–Kier alpha value is -3.64. The van der Waals surface area contributed by atoms with E-state index >= 15 is 0 Å². The maximum Gasteiger partial charge on any atom is 0.416 e. The van der Waals surface area contributed by atoms with Gasteiger partial charge in [-0.1, -0.05) is 29.3 Å². The minimum atomic E-state index is -5.74. The molecule has 1 saturated carbocycles. The number of benzene rings is 1. The van der Waals surface area contributed by atoms with Gasteiger partial charge in [-0.3, -0.25) is 4.98 Å². The number of alkyl halides is 8. The van der Waals surface area contributed by atoms with Gasteiger partial charge in [0.05, 0.1) is 33.4 Å². The molecule has 0 aliphatic heterocycles. The normalized spacial score (nSPS) is 18.5. The van der Waals surface area contributed by atoms with E-state index in [0.29, 0.717) is 12.1 Å². The summed E-state index contributed by atoms with van der Waals surface area (Å²) >= 11 is 12.0. The van der Waals surface area contributed by atoms with Crippen LogP contribution in [0.3, 0.4) is 0 Å². The van der Waals surface area contributed by atoms with Crippen molar-refractivity contribution in [2.24, 2.45) is 0 Å². The number of hydrogen-bond donors (Lipinski definition) is 0. The highest BCUT2D eigenvalue weighted by atomic mass is 35.5. The van der Waals surface area contributed by atoms with Gasteiger partial charge in [-0.15, -0.1) is 0 Å². The molecule has 206 valence electrons. The molecule has 3 aromatic rings. The van der Waals surface area contributed by atoms with E-state index in [1.54, 1.807) is 0 Å². The van der Waals surface area contributed by atoms with Crippen LogP contribution in [0.15, 0.2) is 36.5 Å². The number of carbonyl (C=O) groups is 1. The molecule has 4 rings (SSSR count). The fourth-order valence-electron chi connectivity index (χ4n) is 4.11. The maximum absolute atomic E-state index is 14.5. The van der Waals surface area contributed by atoms with E-state index in [2.05, 4.69) is 10.1 Å². The van der Waals surface area contributed by atoms with Crippen molar-refractivity contribution in [3.63, 3.8) is 0 Å². The number of rotatable bonds is 5. The number of amides is 1. The third kappa shape index (κ3) is 4.61. The first-order valence-electron chi connectivity index (χ1n) is 10.4. The Bertz CT molecular complexity index is 1480. The van der Waals surface area contributed by atoms with Gasteiger partial charge in [0.25, 0.3) is 5.92 Å². The third-order valence-corrected chi connectivity index (χ3v) is 6.52. The summed E-state index contributed by atoms with van der Waals surface area (Å²) in [5.74, 6) is -5.79. The topological polar surface area (TPSA) is 97.9 Å². The molecule has 17 heteroatoms. The summed E-state index contributed by atoms with van der Waals surface area (Å²) in [6.45, 7) is -0.901. The van der Waals surface area contributed by atoms with Crippen LogP contribution in [0, 0.1) is 11.3 Å². The van der Waals surface area contributed by atoms with Crippen molar-refractivity contribution in [3.05, 3.63) is 69.1 Å². The number of pyridine rings is 1. The number of carbonyl (C=O) groups excluding carboxylic acids is 1. The van der Waals surface area contributed by atoms with Gasteiger partial charge in [-0.2, -0.15) is 36.7 Å². The highest BCUT2D eigenvalue weighted by Gasteiger charge is 2.86. The summed E-state index contributed by atoms with van der Waals surface area (Å²) in [6.07, 6.45) is -13.6. The molecule has 0 N–H and O–H groups in total. The molecule has 1 unspecified atom stereocenters. The number of hydrogen-bond acceptors (Lipinski definition) is 5. The molecule has 7 nitrogen and oxygen atoms in total. The average molecular weight is 599 g/mol. The smallest absolute Gasteiger partial charge is 0.416 e. The van der Waals surface area contributed by atoms with Crippen molar-refractivity contribution in [3.8, 4) is 11.8 Å². The first-order valence-corrected chi connectivity index (χ1v) is 11.1. The minimum Gasteiger partial charge on any atom is -0.530 e. The monoisotopic (exact) mass is 598 g/mol. The van der Waals surface area contributed by atoms with Gasteiger partial charge >= 0.3 is 12.4 Å². The van der Waals surface area contributed by atoms with E-state index < -0.39 is 81.1 Å². The number of nitrogens with zero attached hydrogens (tertiary/aromatic N) is 5. The van der Waals surface area contributed by atoms with E-state index in [1.165, 1.54) is 30.5 Å². The van der Waals surface area contributed by atoms with E-state index in [9.17, 15) is 50.3 Å².